The van der Waals surface area contributed by atoms with Crippen molar-refractivity contribution in [1.82, 2.24) is 34.2 Å². The number of aromatic nitrogens is 6. The molecule has 2 N–H and O–H groups in total. The van der Waals surface area contributed by atoms with Crippen molar-refractivity contribution in [2.24, 2.45) is 14.1 Å². The molecule has 2 unspecified atom stereocenters. The minimum absolute atomic E-state index is 0.363. The molecular formula is C23H27N9. The molecule has 2 atom stereocenters. The van der Waals surface area contributed by atoms with Crippen molar-refractivity contribution < 1.29 is 0 Å². The van der Waals surface area contributed by atoms with Crippen LogP contribution in [0.2, 0.25) is 0 Å². The predicted octanol–water partition coefficient (Wildman–Crippen LogP) is 2.30. The van der Waals surface area contributed by atoms with Gasteiger partial charge in [0.1, 0.15) is 17.1 Å². The minimum atomic E-state index is 0.363. The van der Waals surface area contributed by atoms with E-state index in [-0.39, 0.29) is 0 Å². The average Bonchev–Trinajstić information content (AvgIpc) is 3.41. The SMILES string of the molecule is CN1C2CCC1CN(c1cccc3nc(-c4nc(-c5ccn(C)n5)cnc4N)n(C)c13)C2. The Kier molecular flexibility index (Phi) is 4.23. The number of likely N-dealkylation sites (N-methyl/N-ethyl adjacent to an activating group) is 1. The van der Waals surface area contributed by atoms with E-state index in [1.54, 1.807) is 10.9 Å². The van der Waals surface area contributed by atoms with Crippen molar-refractivity contribution in [3.8, 4) is 22.9 Å². The van der Waals surface area contributed by atoms with Gasteiger partial charge in [-0.05, 0) is 38.1 Å². The molecule has 0 saturated carbocycles. The molecule has 164 valence electrons. The summed E-state index contributed by atoms with van der Waals surface area (Å²) in [5.74, 6) is 1.08. The highest BCUT2D eigenvalue weighted by Crippen LogP contribution is 2.36. The number of benzene rings is 1. The second kappa shape index (κ2) is 7.03. The molecule has 0 aliphatic carbocycles. The van der Waals surface area contributed by atoms with Crippen LogP contribution in [-0.4, -0.2) is 66.4 Å². The van der Waals surface area contributed by atoms with Crippen molar-refractivity contribution >= 4 is 22.5 Å². The molecule has 0 radical (unpaired) electrons. The van der Waals surface area contributed by atoms with E-state index < -0.39 is 0 Å². The predicted molar refractivity (Wildman–Crippen MR) is 125 cm³/mol. The van der Waals surface area contributed by atoms with Crippen LogP contribution in [0.1, 0.15) is 12.8 Å². The fourth-order valence-electron chi connectivity index (χ4n) is 5.26. The van der Waals surface area contributed by atoms with Gasteiger partial charge in [-0.3, -0.25) is 9.58 Å². The highest BCUT2D eigenvalue weighted by molar-refractivity contribution is 5.92. The lowest BCUT2D eigenvalue weighted by atomic mass is 10.1. The van der Waals surface area contributed by atoms with E-state index in [0.717, 1.165) is 29.8 Å². The van der Waals surface area contributed by atoms with Crippen molar-refractivity contribution in [3.05, 3.63) is 36.7 Å². The third-order valence-electron chi connectivity index (χ3n) is 7.05. The number of para-hydroxylation sites is 1. The van der Waals surface area contributed by atoms with Gasteiger partial charge in [-0.25, -0.2) is 15.0 Å². The van der Waals surface area contributed by atoms with E-state index in [4.69, 9.17) is 15.7 Å². The zero-order valence-corrected chi connectivity index (χ0v) is 18.6. The molecule has 5 heterocycles. The van der Waals surface area contributed by atoms with Crippen molar-refractivity contribution in [3.63, 3.8) is 0 Å². The number of hydrogen-bond acceptors (Lipinski definition) is 7. The van der Waals surface area contributed by atoms with E-state index in [1.165, 1.54) is 18.5 Å². The first-order valence-corrected chi connectivity index (χ1v) is 11.0. The Morgan fingerprint density at radius 3 is 2.47 bits per heavy atom. The first kappa shape index (κ1) is 19.2. The van der Waals surface area contributed by atoms with Gasteiger partial charge in [0.05, 0.1) is 22.9 Å². The van der Waals surface area contributed by atoms with Crippen LogP contribution in [0.15, 0.2) is 36.7 Å². The highest BCUT2D eigenvalue weighted by atomic mass is 15.3. The summed E-state index contributed by atoms with van der Waals surface area (Å²) in [5, 5.41) is 4.45. The Morgan fingerprint density at radius 1 is 0.969 bits per heavy atom. The third kappa shape index (κ3) is 2.88. The maximum Gasteiger partial charge on any atom is 0.163 e. The van der Waals surface area contributed by atoms with Crippen LogP contribution in [0.25, 0.3) is 33.9 Å². The molecule has 0 spiro atoms. The summed E-state index contributed by atoms with van der Waals surface area (Å²) in [6, 6.07) is 9.51. The van der Waals surface area contributed by atoms with Crippen LogP contribution in [0, 0.1) is 0 Å². The zero-order chi connectivity index (χ0) is 22.0. The largest absolute Gasteiger partial charge is 0.382 e. The second-order valence-corrected chi connectivity index (χ2v) is 8.96. The fraction of sp³-hybridized carbons (Fsp3) is 0.391. The lowest BCUT2D eigenvalue weighted by molar-refractivity contribution is 0.212. The number of rotatable bonds is 3. The fourth-order valence-corrected chi connectivity index (χ4v) is 5.26. The van der Waals surface area contributed by atoms with Crippen molar-refractivity contribution in [2.45, 2.75) is 24.9 Å². The topological polar surface area (TPSA) is 93.9 Å². The maximum atomic E-state index is 6.27. The monoisotopic (exact) mass is 429 g/mol. The molecule has 2 bridgehead atoms. The number of aryl methyl sites for hydroxylation is 2. The summed E-state index contributed by atoms with van der Waals surface area (Å²) in [6.45, 7) is 2.09. The van der Waals surface area contributed by atoms with Gasteiger partial charge in [0.25, 0.3) is 0 Å². The molecule has 1 aromatic carbocycles. The van der Waals surface area contributed by atoms with Gasteiger partial charge < -0.3 is 15.2 Å². The maximum absolute atomic E-state index is 6.27. The van der Waals surface area contributed by atoms with Crippen molar-refractivity contribution in [1.29, 1.82) is 0 Å². The molecule has 2 fully saturated rings. The smallest absolute Gasteiger partial charge is 0.163 e. The van der Waals surface area contributed by atoms with Crippen LogP contribution in [0.3, 0.4) is 0 Å². The van der Waals surface area contributed by atoms with Gasteiger partial charge >= 0.3 is 0 Å². The Bertz CT molecular complexity index is 1310. The molecular weight excluding hydrogens is 402 g/mol. The Hall–Kier alpha value is -3.46. The van der Waals surface area contributed by atoms with Gasteiger partial charge in [-0.1, -0.05) is 6.07 Å². The molecule has 3 aromatic heterocycles. The molecule has 2 saturated heterocycles. The van der Waals surface area contributed by atoms with E-state index in [1.807, 2.05) is 26.4 Å². The molecule has 6 rings (SSSR count). The van der Waals surface area contributed by atoms with Crippen LogP contribution < -0.4 is 10.6 Å². The summed E-state index contributed by atoms with van der Waals surface area (Å²) < 4.78 is 3.85. The van der Waals surface area contributed by atoms with Gasteiger partial charge in [-0.15, -0.1) is 0 Å². The van der Waals surface area contributed by atoms with Gasteiger partial charge in [0, 0.05) is 45.5 Å². The van der Waals surface area contributed by atoms with Gasteiger partial charge in [-0.2, -0.15) is 5.10 Å². The molecule has 2 aliphatic heterocycles. The quantitative estimate of drug-likeness (QED) is 0.534. The van der Waals surface area contributed by atoms with Gasteiger partial charge in [0.15, 0.2) is 11.6 Å². The summed E-state index contributed by atoms with van der Waals surface area (Å²) >= 11 is 0. The zero-order valence-electron chi connectivity index (χ0n) is 18.6. The molecule has 4 aromatic rings. The van der Waals surface area contributed by atoms with Gasteiger partial charge in [0.2, 0.25) is 0 Å². The summed E-state index contributed by atoms with van der Waals surface area (Å²) in [5.41, 5.74) is 11.6. The van der Waals surface area contributed by atoms with Crippen molar-refractivity contribution in [2.75, 3.05) is 30.8 Å². The number of nitrogens with zero attached hydrogens (tertiary/aromatic N) is 8. The van der Waals surface area contributed by atoms with Crippen LogP contribution in [0.4, 0.5) is 11.5 Å². The average molecular weight is 430 g/mol. The summed E-state index contributed by atoms with van der Waals surface area (Å²) in [6.07, 6.45) is 6.10. The number of imidazole rings is 1. The third-order valence-corrected chi connectivity index (χ3v) is 7.05. The molecule has 9 heteroatoms. The standard InChI is InChI=1S/C23H27N9/c1-29-10-9-16(28-29)18-11-25-22(24)20(26-18)23-27-17-5-4-6-19(21(17)31(23)3)32-12-14-7-8-15(13-32)30(14)2/h4-6,9-11,14-15H,7-8,12-13H2,1-3H3,(H2,24,25). The Balaban J connectivity index is 1.45. The van der Waals surface area contributed by atoms with E-state index in [0.29, 0.717) is 35.1 Å². The normalized spacial score (nSPS) is 21.0. The number of nitrogen functional groups attached to an aromatic ring is 1. The number of hydrogen-bond donors (Lipinski definition) is 1. The lowest BCUT2D eigenvalue weighted by Gasteiger charge is -2.40. The number of fused-ring (bicyclic) bond motifs is 3. The number of nitrogens with two attached hydrogens (primary N) is 1. The van der Waals surface area contributed by atoms with Crippen LogP contribution in [-0.2, 0) is 14.1 Å². The number of anilines is 2. The second-order valence-electron chi connectivity index (χ2n) is 8.96. The first-order valence-electron chi connectivity index (χ1n) is 11.0. The molecule has 2 aliphatic rings. The Morgan fingerprint density at radius 2 is 1.75 bits per heavy atom. The molecule has 0 amide bonds. The highest BCUT2D eigenvalue weighted by Gasteiger charge is 2.38. The minimum Gasteiger partial charge on any atom is -0.382 e. The van der Waals surface area contributed by atoms with E-state index in [9.17, 15) is 0 Å². The van der Waals surface area contributed by atoms with E-state index >= 15 is 0 Å². The molecule has 32 heavy (non-hydrogen) atoms. The summed E-state index contributed by atoms with van der Waals surface area (Å²) in [4.78, 5) is 19.2. The molecule has 9 nitrogen and oxygen atoms in total. The lowest BCUT2D eigenvalue weighted by Crippen LogP contribution is -2.52. The van der Waals surface area contributed by atoms with Crippen LogP contribution in [0.5, 0.6) is 0 Å². The van der Waals surface area contributed by atoms with E-state index in [2.05, 4.69) is 49.7 Å². The Labute approximate surface area is 186 Å². The first-order chi connectivity index (χ1) is 15.5. The summed E-state index contributed by atoms with van der Waals surface area (Å²) in [7, 11) is 6.18. The number of piperazine rings is 1. The van der Waals surface area contributed by atoms with Crippen LogP contribution >= 0.6 is 0 Å².